The summed E-state index contributed by atoms with van der Waals surface area (Å²) >= 11 is 1.49. The van der Waals surface area contributed by atoms with Gasteiger partial charge in [0.2, 0.25) is 0 Å². The largest absolute Gasteiger partial charge is 0.365 e. The molecule has 5 heteroatoms. The molecule has 1 heterocycles. The van der Waals surface area contributed by atoms with Crippen molar-refractivity contribution in [3.8, 4) is 0 Å². The molecule has 2 amide bonds. The molecule has 0 unspecified atom stereocenters. The second-order valence-electron chi connectivity index (χ2n) is 6.67. The Kier molecular flexibility index (Phi) is 4.45. The number of anilines is 1. The summed E-state index contributed by atoms with van der Waals surface area (Å²) in [5.41, 5.74) is 9.92. The zero-order chi connectivity index (χ0) is 17.4. The topological polar surface area (TPSA) is 72.2 Å². The maximum Gasteiger partial charge on any atom is 0.256 e. The van der Waals surface area contributed by atoms with E-state index >= 15 is 0 Å². The number of amides is 2. The third-order valence-corrected chi connectivity index (χ3v) is 5.92. The van der Waals surface area contributed by atoms with E-state index in [9.17, 15) is 9.59 Å². The fraction of sp³-hybridized carbons (Fsp3) is 0.368. The summed E-state index contributed by atoms with van der Waals surface area (Å²) in [6.45, 7) is 6.20. The van der Waals surface area contributed by atoms with Crippen LogP contribution in [0, 0.1) is 19.8 Å². The molecule has 1 aromatic heterocycles. The Morgan fingerprint density at radius 2 is 2.00 bits per heavy atom. The van der Waals surface area contributed by atoms with E-state index in [-0.39, 0.29) is 5.91 Å². The molecular formula is C19H22N2O2S. The van der Waals surface area contributed by atoms with Crippen LogP contribution in [0.3, 0.4) is 0 Å². The number of carbonyl (C=O) groups is 2. The smallest absolute Gasteiger partial charge is 0.256 e. The lowest BCUT2D eigenvalue weighted by Crippen LogP contribution is -2.19. The minimum atomic E-state index is -0.461. The van der Waals surface area contributed by atoms with Crippen LogP contribution in [0.4, 0.5) is 5.00 Å². The summed E-state index contributed by atoms with van der Waals surface area (Å²) in [6.07, 6.45) is 2.85. The summed E-state index contributed by atoms with van der Waals surface area (Å²) in [5.74, 6) is -0.0649. The monoisotopic (exact) mass is 342 g/mol. The molecule has 1 aromatic carbocycles. The minimum Gasteiger partial charge on any atom is -0.365 e. The van der Waals surface area contributed by atoms with Gasteiger partial charge in [-0.05, 0) is 67.9 Å². The van der Waals surface area contributed by atoms with Gasteiger partial charge in [-0.15, -0.1) is 11.3 Å². The van der Waals surface area contributed by atoms with Crippen LogP contribution in [0.15, 0.2) is 18.2 Å². The van der Waals surface area contributed by atoms with Crippen molar-refractivity contribution in [3.63, 3.8) is 0 Å². The van der Waals surface area contributed by atoms with Crippen molar-refractivity contribution in [2.75, 3.05) is 5.32 Å². The van der Waals surface area contributed by atoms with E-state index in [1.54, 1.807) is 6.07 Å². The number of primary amides is 1. The fourth-order valence-corrected chi connectivity index (χ4v) is 4.57. The van der Waals surface area contributed by atoms with E-state index in [2.05, 4.69) is 12.2 Å². The van der Waals surface area contributed by atoms with Crippen molar-refractivity contribution in [2.24, 2.45) is 11.7 Å². The molecule has 0 saturated carbocycles. The number of nitrogens with one attached hydrogen (secondary N) is 1. The molecule has 0 saturated heterocycles. The van der Waals surface area contributed by atoms with Gasteiger partial charge >= 0.3 is 0 Å². The molecule has 3 rings (SSSR count). The predicted octanol–water partition coefficient (Wildman–Crippen LogP) is 3.84. The third-order valence-electron chi connectivity index (χ3n) is 4.75. The first-order valence-electron chi connectivity index (χ1n) is 8.19. The molecule has 3 N–H and O–H groups in total. The van der Waals surface area contributed by atoms with E-state index in [0.717, 1.165) is 36.0 Å². The average Bonchev–Trinajstić information content (AvgIpc) is 2.86. The van der Waals surface area contributed by atoms with Crippen molar-refractivity contribution in [2.45, 2.75) is 40.0 Å². The van der Waals surface area contributed by atoms with Gasteiger partial charge in [0.15, 0.2) is 0 Å². The van der Waals surface area contributed by atoms with Crippen LogP contribution < -0.4 is 11.1 Å². The molecule has 0 spiro atoms. The second-order valence-corrected chi connectivity index (χ2v) is 7.78. The molecule has 126 valence electrons. The van der Waals surface area contributed by atoms with Crippen molar-refractivity contribution < 1.29 is 9.59 Å². The van der Waals surface area contributed by atoms with E-state index < -0.39 is 5.91 Å². The Hall–Kier alpha value is -2.14. The molecule has 4 nitrogen and oxygen atoms in total. The summed E-state index contributed by atoms with van der Waals surface area (Å²) in [6, 6.07) is 5.60. The zero-order valence-corrected chi connectivity index (χ0v) is 15.0. The summed E-state index contributed by atoms with van der Waals surface area (Å²) in [5, 5.41) is 3.49. The number of fused-ring (bicyclic) bond motifs is 1. The highest BCUT2D eigenvalue weighted by Crippen LogP contribution is 2.39. The number of aryl methyl sites for hydroxylation is 2. The van der Waals surface area contributed by atoms with Crippen LogP contribution in [0.1, 0.15) is 55.6 Å². The van der Waals surface area contributed by atoms with Crippen molar-refractivity contribution in [1.82, 2.24) is 0 Å². The van der Waals surface area contributed by atoms with Gasteiger partial charge < -0.3 is 11.1 Å². The minimum absolute atomic E-state index is 0.202. The molecular weight excluding hydrogens is 320 g/mol. The summed E-state index contributed by atoms with van der Waals surface area (Å²) in [7, 11) is 0. The van der Waals surface area contributed by atoms with Gasteiger partial charge in [0.05, 0.1) is 5.56 Å². The second kappa shape index (κ2) is 6.40. The van der Waals surface area contributed by atoms with Crippen LogP contribution >= 0.6 is 11.3 Å². The fourth-order valence-electron chi connectivity index (χ4n) is 3.16. The Morgan fingerprint density at radius 1 is 1.25 bits per heavy atom. The number of carbonyl (C=O) groups excluding carboxylic acids is 2. The van der Waals surface area contributed by atoms with Gasteiger partial charge in [-0.3, -0.25) is 9.59 Å². The molecule has 2 aromatic rings. The lowest BCUT2D eigenvalue weighted by Gasteiger charge is -2.18. The normalized spacial score (nSPS) is 16.5. The Bertz CT molecular complexity index is 823. The molecule has 24 heavy (non-hydrogen) atoms. The summed E-state index contributed by atoms with van der Waals surface area (Å²) < 4.78 is 0. The number of hydrogen-bond acceptors (Lipinski definition) is 3. The van der Waals surface area contributed by atoms with E-state index in [4.69, 9.17) is 5.73 Å². The molecule has 0 aliphatic heterocycles. The van der Waals surface area contributed by atoms with Crippen LogP contribution in [0.5, 0.6) is 0 Å². The third kappa shape index (κ3) is 3.08. The first-order valence-corrected chi connectivity index (χ1v) is 9.01. The van der Waals surface area contributed by atoms with E-state index in [1.807, 2.05) is 26.0 Å². The van der Waals surface area contributed by atoms with Crippen LogP contribution in [-0.4, -0.2) is 11.8 Å². The van der Waals surface area contributed by atoms with E-state index in [0.29, 0.717) is 22.0 Å². The van der Waals surface area contributed by atoms with Crippen molar-refractivity contribution in [3.05, 3.63) is 50.9 Å². The standard InChI is InChI=1S/C19H22N2O2S/c1-10-4-7-14-15(8-10)24-19(16(14)17(20)22)21-18(23)13-6-5-11(2)12(3)9-13/h5-6,9-10H,4,7-8H2,1-3H3,(H2,20,22)(H,21,23)/t10-/m0/s1. The Labute approximate surface area is 146 Å². The number of benzene rings is 1. The van der Waals surface area contributed by atoms with Gasteiger partial charge in [0, 0.05) is 10.4 Å². The molecule has 1 atom stereocenters. The quantitative estimate of drug-likeness (QED) is 0.889. The average molecular weight is 342 g/mol. The van der Waals surface area contributed by atoms with Crippen LogP contribution in [0.2, 0.25) is 0 Å². The lowest BCUT2D eigenvalue weighted by atomic mass is 9.88. The number of rotatable bonds is 3. The molecule has 1 aliphatic carbocycles. The number of hydrogen-bond donors (Lipinski definition) is 2. The van der Waals surface area contributed by atoms with Gasteiger partial charge in [-0.1, -0.05) is 13.0 Å². The van der Waals surface area contributed by atoms with Crippen molar-refractivity contribution >= 4 is 28.2 Å². The van der Waals surface area contributed by atoms with Crippen LogP contribution in [0.25, 0.3) is 0 Å². The van der Waals surface area contributed by atoms with Gasteiger partial charge in [0.25, 0.3) is 11.8 Å². The first kappa shape index (κ1) is 16.7. The maximum absolute atomic E-state index is 12.6. The number of nitrogens with two attached hydrogens (primary N) is 1. The van der Waals surface area contributed by atoms with E-state index in [1.165, 1.54) is 16.2 Å². The zero-order valence-electron chi connectivity index (χ0n) is 14.2. The summed E-state index contributed by atoms with van der Waals surface area (Å²) in [4.78, 5) is 25.7. The first-order chi connectivity index (χ1) is 11.4. The Balaban J connectivity index is 1.93. The van der Waals surface area contributed by atoms with Gasteiger partial charge in [-0.25, -0.2) is 0 Å². The highest BCUT2D eigenvalue weighted by Gasteiger charge is 2.27. The van der Waals surface area contributed by atoms with Gasteiger partial charge in [0.1, 0.15) is 5.00 Å². The maximum atomic E-state index is 12.6. The Morgan fingerprint density at radius 3 is 2.67 bits per heavy atom. The predicted molar refractivity (Wildman–Crippen MR) is 97.9 cm³/mol. The van der Waals surface area contributed by atoms with Crippen molar-refractivity contribution in [1.29, 1.82) is 0 Å². The molecule has 0 fully saturated rings. The van der Waals surface area contributed by atoms with Crippen LogP contribution in [-0.2, 0) is 12.8 Å². The molecule has 0 bridgehead atoms. The lowest BCUT2D eigenvalue weighted by molar-refractivity contribution is 0.1000. The molecule has 0 radical (unpaired) electrons. The molecule has 1 aliphatic rings. The number of thiophene rings is 1. The van der Waals surface area contributed by atoms with Gasteiger partial charge in [-0.2, -0.15) is 0 Å². The SMILES string of the molecule is Cc1ccc(C(=O)Nc2sc3c(c2C(N)=O)CC[C@H](C)C3)cc1C. The highest BCUT2D eigenvalue weighted by atomic mass is 32.1. The highest BCUT2D eigenvalue weighted by molar-refractivity contribution is 7.17.